The van der Waals surface area contributed by atoms with Crippen LogP contribution in [-0.4, -0.2) is 104 Å². The summed E-state index contributed by atoms with van der Waals surface area (Å²) in [5, 5.41) is 0. The molecule has 230 valence electrons. The van der Waals surface area contributed by atoms with E-state index in [0.29, 0.717) is 6.42 Å². The van der Waals surface area contributed by atoms with Gasteiger partial charge in [0.1, 0.15) is 6.29 Å². The Kier molecular flexibility index (Phi) is 18.2. The monoisotopic (exact) mass is 568 g/mol. The molecule has 41 heavy (non-hydrogen) atoms. The second-order valence-electron chi connectivity index (χ2n) is 11.0. The van der Waals surface area contributed by atoms with Crippen LogP contribution in [0.1, 0.15) is 67.2 Å². The van der Waals surface area contributed by atoms with Crippen molar-refractivity contribution in [1.29, 1.82) is 0 Å². The first kappa shape index (κ1) is 36.5. The minimum Gasteiger partial charge on any atom is -0.379 e. The van der Waals surface area contributed by atoms with Crippen molar-refractivity contribution in [2.45, 2.75) is 73.3 Å². The number of amides is 1. The van der Waals surface area contributed by atoms with E-state index >= 15 is 0 Å². The van der Waals surface area contributed by atoms with Crippen molar-refractivity contribution >= 4 is 12.2 Å². The third-order valence-corrected chi connectivity index (χ3v) is 7.86. The average molecular weight is 569 g/mol. The van der Waals surface area contributed by atoms with Crippen molar-refractivity contribution in [3.8, 4) is 12.3 Å². The van der Waals surface area contributed by atoms with Gasteiger partial charge in [0.2, 0.25) is 5.91 Å². The molecular weight excluding hydrogens is 512 g/mol. The maximum absolute atomic E-state index is 13.2. The molecule has 0 N–H and O–H groups in total. The zero-order chi connectivity index (χ0) is 30.8. The number of terminal acetylenes is 1. The van der Waals surface area contributed by atoms with Crippen LogP contribution in [0.2, 0.25) is 0 Å². The molecule has 0 radical (unpaired) electrons. The van der Waals surface area contributed by atoms with E-state index in [9.17, 15) is 9.59 Å². The number of carbonyl (C=O) groups excluding carboxylic acids is 2. The largest absolute Gasteiger partial charge is 0.379 e. The molecule has 0 aromatic carbocycles. The summed E-state index contributed by atoms with van der Waals surface area (Å²) in [6.45, 7) is 19.6. The molecule has 3 heterocycles. The van der Waals surface area contributed by atoms with Gasteiger partial charge in [-0.3, -0.25) is 19.5 Å². The van der Waals surface area contributed by atoms with Gasteiger partial charge in [0, 0.05) is 49.9 Å². The van der Waals surface area contributed by atoms with E-state index in [1.165, 1.54) is 16.7 Å². The summed E-state index contributed by atoms with van der Waals surface area (Å²) in [4.78, 5) is 33.4. The third-order valence-electron chi connectivity index (χ3n) is 7.86. The molecule has 0 bridgehead atoms. The van der Waals surface area contributed by atoms with Crippen LogP contribution < -0.4 is 0 Å². The first-order valence-electron chi connectivity index (χ1n) is 15.2. The number of hydrogen-bond acceptors (Lipinski definition) is 6. The van der Waals surface area contributed by atoms with Gasteiger partial charge in [-0.05, 0) is 91.8 Å². The molecule has 1 amide bonds. The summed E-state index contributed by atoms with van der Waals surface area (Å²) < 4.78 is 5.41. The van der Waals surface area contributed by atoms with Gasteiger partial charge in [0.15, 0.2) is 0 Å². The van der Waals surface area contributed by atoms with Crippen LogP contribution in [0, 0.1) is 18.3 Å². The molecule has 0 aromatic rings. The number of rotatable bonds is 7. The Morgan fingerprint density at radius 2 is 1.85 bits per heavy atom. The van der Waals surface area contributed by atoms with Crippen LogP contribution in [0.4, 0.5) is 0 Å². The van der Waals surface area contributed by atoms with Crippen LogP contribution in [-0.2, 0) is 14.3 Å². The number of carbonyl (C=O) groups is 2. The fourth-order valence-corrected chi connectivity index (χ4v) is 5.09. The number of hydrogen-bond donors (Lipinski definition) is 0. The average Bonchev–Trinajstić information content (AvgIpc) is 2.97. The van der Waals surface area contributed by atoms with Crippen molar-refractivity contribution in [3.63, 3.8) is 0 Å². The molecule has 3 aliphatic heterocycles. The predicted octanol–water partition coefficient (Wildman–Crippen LogP) is 5.13. The number of nitrogens with zero attached hydrogens (tertiary/aromatic N) is 4. The molecule has 0 unspecified atom stereocenters. The van der Waals surface area contributed by atoms with Crippen LogP contribution in [0.3, 0.4) is 0 Å². The lowest BCUT2D eigenvalue weighted by atomic mass is 9.84. The van der Waals surface area contributed by atoms with Gasteiger partial charge in [-0.15, -0.1) is 12.3 Å². The lowest BCUT2D eigenvalue weighted by Gasteiger charge is -2.38. The molecule has 2 atom stereocenters. The third kappa shape index (κ3) is 12.9. The molecule has 3 rings (SSSR count). The van der Waals surface area contributed by atoms with Gasteiger partial charge in [-0.2, -0.15) is 0 Å². The fourth-order valence-electron chi connectivity index (χ4n) is 5.09. The lowest BCUT2D eigenvalue weighted by Crippen LogP contribution is -2.42. The number of likely N-dealkylation sites (N-methyl/N-ethyl adjacent to an activating group) is 1. The van der Waals surface area contributed by atoms with Gasteiger partial charge in [0.05, 0.1) is 13.2 Å². The van der Waals surface area contributed by atoms with E-state index in [0.717, 1.165) is 83.7 Å². The van der Waals surface area contributed by atoms with Gasteiger partial charge < -0.3 is 14.4 Å². The maximum atomic E-state index is 13.2. The first-order chi connectivity index (χ1) is 19.6. The Morgan fingerprint density at radius 1 is 1.22 bits per heavy atom. The summed E-state index contributed by atoms with van der Waals surface area (Å²) in [6.07, 6.45) is 17.1. The minimum atomic E-state index is -0.0666. The lowest BCUT2D eigenvalue weighted by molar-refractivity contribution is -0.127. The molecule has 7 heteroatoms. The SMILES string of the molecule is C#CC.C/C=C1\C/C=C(\C)N(C(=O)CCCN2CCOCC2)/C=C(\C)C[C@@H]2C1=C[C@@H](C=O)CN2C.CCN(C)CC. The second-order valence-corrected chi connectivity index (χ2v) is 11.0. The van der Waals surface area contributed by atoms with Gasteiger partial charge >= 0.3 is 0 Å². The first-order valence-corrected chi connectivity index (χ1v) is 15.2. The highest BCUT2D eigenvalue weighted by Gasteiger charge is 2.30. The highest BCUT2D eigenvalue weighted by atomic mass is 16.5. The van der Waals surface area contributed by atoms with E-state index < -0.39 is 0 Å². The normalized spacial score (nSPS) is 25.5. The molecule has 0 saturated carbocycles. The van der Waals surface area contributed by atoms with Crippen LogP contribution in [0.25, 0.3) is 0 Å². The molecule has 1 saturated heterocycles. The Morgan fingerprint density at radius 3 is 2.39 bits per heavy atom. The molecule has 3 aliphatic rings. The van der Waals surface area contributed by atoms with Crippen molar-refractivity contribution in [1.82, 2.24) is 19.6 Å². The van der Waals surface area contributed by atoms with E-state index in [1.54, 1.807) is 6.92 Å². The summed E-state index contributed by atoms with van der Waals surface area (Å²) >= 11 is 0. The van der Waals surface area contributed by atoms with E-state index in [4.69, 9.17) is 4.74 Å². The Balaban J connectivity index is 0.000000815. The summed E-state index contributed by atoms with van der Waals surface area (Å²) in [5.41, 5.74) is 4.63. The number of morpholine rings is 1. The van der Waals surface area contributed by atoms with Crippen molar-refractivity contribution < 1.29 is 14.3 Å². The Bertz CT molecular complexity index is 965. The van der Waals surface area contributed by atoms with Crippen molar-refractivity contribution in [2.24, 2.45) is 5.92 Å². The predicted molar refractivity (Wildman–Crippen MR) is 171 cm³/mol. The molecular formula is C34H56N4O3. The number of fused-ring (bicyclic) bond motifs is 1. The molecule has 0 aromatic heterocycles. The highest BCUT2D eigenvalue weighted by molar-refractivity contribution is 5.79. The highest BCUT2D eigenvalue weighted by Crippen LogP contribution is 2.33. The standard InChI is InChI=1S/C26H39N3O3.C5H13N.C3H4/c1-5-23-9-8-21(3)29(26(31)7-6-10-28-11-13-32-14-12-28)17-20(2)15-25-24(23)16-22(19-30)18-27(25)4;1-4-6(3)5-2;1-3-2/h5,8,16-17,19,22,25H,6-7,9-15,18H2,1-4H3;4-5H2,1-3H3;1H,2H3/b20-17+,21-8+,23-5+;;/t22-,25-;;/m1../s1. The molecule has 0 spiro atoms. The van der Waals surface area contributed by atoms with E-state index in [-0.39, 0.29) is 17.9 Å². The number of ether oxygens (including phenoxy) is 1. The summed E-state index contributed by atoms with van der Waals surface area (Å²) in [5.74, 6) is 2.34. The van der Waals surface area contributed by atoms with Crippen LogP contribution >= 0.6 is 0 Å². The molecule has 1 fully saturated rings. The van der Waals surface area contributed by atoms with Crippen LogP contribution in [0.5, 0.6) is 0 Å². The Labute approximate surface area is 250 Å². The quantitative estimate of drug-likeness (QED) is 0.314. The zero-order valence-corrected chi connectivity index (χ0v) is 27.1. The topological polar surface area (TPSA) is 56.3 Å². The molecule has 0 aliphatic carbocycles. The van der Waals surface area contributed by atoms with Gasteiger partial charge in [-0.25, -0.2) is 0 Å². The number of allylic oxidation sites excluding steroid dienone is 3. The maximum Gasteiger partial charge on any atom is 0.230 e. The second kappa shape index (κ2) is 20.4. The van der Waals surface area contributed by atoms with E-state index in [2.05, 4.69) is 87.1 Å². The smallest absolute Gasteiger partial charge is 0.230 e. The van der Waals surface area contributed by atoms with Gasteiger partial charge in [-0.1, -0.05) is 37.6 Å². The van der Waals surface area contributed by atoms with Gasteiger partial charge in [0.25, 0.3) is 0 Å². The summed E-state index contributed by atoms with van der Waals surface area (Å²) in [6, 6.07) is 0.221. The Hall–Kier alpha value is -2.50. The molecule has 7 nitrogen and oxygen atoms in total. The summed E-state index contributed by atoms with van der Waals surface area (Å²) in [7, 11) is 4.20. The van der Waals surface area contributed by atoms with E-state index in [1.807, 2.05) is 18.0 Å². The van der Waals surface area contributed by atoms with Crippen molar-refractivity contribution in [3.05, 3.63) is 46.8 Å². The zero-order valence-electron chi connectivity index (χ0n) is 27.1. The minimum absolute atomic E-state index is 0.0666. The van der Waals surface area contributed by atoms with Crippen molar-refractivity contribution in [2.75, 3.05) is 66.6 Å². The van der Waals surface area contributed by atoms with Crippen LogP contribution in [0.15, 0.2) is 46.8 Å². The number of aldehydes is 1. The fraction of sp³-hybridized carbons (Fsp3) is 0.647.